The number of nitrogens with zero attached hydrogens (tertiary/aromatic N) is 2. The Bertz CT molecular complexity index is 493. The van der Waals surface area contributed by atoms with Crippen molar-refractivity contribution in [3.63, 3.8) is 0 Å². The van der Waals surface area contributed by atoms with Gasteiger partial charge in [0.1, 0.15) is 0 Å². The molecule has 1 aromatic rings. The lowest BCUT2D eigenvalue weighted by Crippen LogP contribution is -2.10. The topological polar surface area (TPSA) is 25.2 Å². The van der Waals surface area contributed by atoms with Crippen molar-refractivity contribution in [3.05, 3.63) is 29.6 Å². The molecule has 0 aliphatic heterocycles. The first kappa shape index (κ1) is 19.9. The van der Waals surface area contributed by atoms with Crippen molar-refractivity contribution >= 4 is 5.71 Å². The fraction of sp³-hybridized carbons (Fsp3) is 0.714. The van der Waals surface area contributed by atoms with Crippen LogP contribution in [0, 0.1) is 17.3 Å². The quantitative estimate of drug-likeness (QED) is 0.545. The van der Waals surface area contributed by atoms with Crippen LogP contribution in [0.25, 0.3) is 0 Å². The summed E-state index contributed by atoms with van der Waals surface area (Å²) in [5.74, 6) is 1.34. The highest BCUT2D eigenvalue weighted by atomic mass is 14.7. The molecule has 0 unspecified atom stereocenters. The van der Waals surface area contributed by atoms with Crippen LogP contribution in [-0.4, -0.2) is 17.2 Å². The van der Waals surface area contributed by atoms with Crippen LogP contribution in [0.3, 0.4) is 0 Å². The zero-order valence-corrected chi connectivity index (χ0v) is 16.3. The van der Waals surface area contributed by atoms with Crippen LogP contribution in [0.5, 0.6) is 0 Å². The number of pyridine rings is 1. The maximum Gasteiger partial charge on any atom is 0.0421 e. The first-order valence-corrected chi connectivity index (χ1v) is 9.16. The van der Waals surface area contributed by atoms with Gasteiger partial charge in [0.2, 0.25) is 0 Å². The Labute approximate surface area is 143 Å². The minimum absolute atomic E-state index is 0.341. The maximum absolute atomic E-state index is 4.96. The summed E-state index contributed by atoms with van der Waals surface area (Å²) in [6, 6.07) is 4.37. The molecule has 0 aliphatic rings. The van der Waals surface area contributed by atoms with Crippen LogP contribution in [0.4, 0.5) is 0 Å². The third kappa shape index (κ3) is 8.88. The van der Waals surface area contributed by atoms with Gasteiger partial charge in [0.15, 0.2) is 0 Å². The smallest absolute Gasteiger partial charge is 0.0421 e. The summed E-state index contributed by atoms with van der Waals surface area (Å²) in [6.45, 7) is 16.8. The molecule has 1 heterocycles. The molecular weight excluding hydrogens is 280 g/mol. The van der Waals surface area contributed by atoms with Crippen LogP contribution >= 0.6 is 0 Å². The average Bonchev–Trinajstić information content (AvgIpc) is 2.40. The molecule has 2 heteroatoms. The molecule has 0 aliphatic carbocycles. The molecule has 130 valence electrons. The molecule has 0 bridgehead atoms. The summed E-state index contributed by atoms with van der Waals surface area (Å²) in [5, 5.41) is 0. The molecule has 1 rings (SSSR count). The van der Waals surface area contributed by atoms with Gasteiger partial charge in [-0.15, -0.1) is 0 Å². The van der Waals surface area contributed by atoms with Crippen LogP contribution in [-0.2, 0) is 6.42 Å². The van der Waals surface area contributed by atoms with Crippen LogP contribution in [0.15, 0.2) is 23.3 Å². The Kier molecular flexibility index (Phi) is 7.94. The summed E-state index contributed by atoms with van der Waals surface area (Å²) >= 11 is 0. The molecule has 2 nitrogen and oxygen atoms in total. The lowest BCUT2D eigenvalue weighted by molar-refractivity contribution is 0.385. The van der Waals surface area contributed by atoms with Gasteiger partial charge in [0, 0.05) is 24.1 Å². The van der Waals surface area contributed by atoms with E-state index in [4.69, 9.17) is 4.99 Å². The van der Waals surface area contributed by atoms with E-state index < -0.39 is 0 Å². The van der Waals surface area contributed by atoms with Crippen molar-refractivity contribution < 1.29 is 0 Å². The third-order valence-corrected chi connectivity index (χ3v) is 3.89. The largest absolute Gasteiger partial charge is 0.289 e. The zero-order valence-electron chi connectivity index (χ0n) is 16.3. The van der Waals surface area contributed by atoms with Gasteiger partial charge in [0.05, 0.1) is 0 Å². The monoisotopic (exact) mass is 316 g/mol. The Hall–Kier alpha value is -1.18. The Morgan fingerprint density at radius 1 is 1.13 bits per heavy atom. The highest BCUT2D eigenvalue weighted by Crippen LogP contribution is 2.19. The zero-order chi connectivity index (χ0) is 17.5. The number of hydrogen-bond donors (Lipinski definition) is 0. The molecule has 0 aromatic carbocycles. The highest BCUT2D eigenvalue weighted by Gasteiger charge is 2.11. The van der Waals surface area contributed by atoms with Gasteiger partial charge in [-0.25, -0.2) is 0 Å². The second kappa shape index (κ2) is 9.20. The van der Waals surface area contributed by atoms with Crippen molar-refractivity contribution in [2.45, 2.75) is 74.1 Å². The van der Waals surface area contributed by atoms with E-state index >= 15 is 0 Å². The van der Waals surface area contributed by atoms with E-state index in [9.17, 15) is 0 Å². The molecule has 1 aromatic heterocycles. The molecule has 0 saturated carbocycles. The molecule has 0 atom stereocenters. The van der Waals surface area contributed by atoms with Gasteiger partial charge < -0.3 is 0 Å². The van der Waals surface area contributed by atoms with E-state index in [1.165, 1.54) is 23.4 Å². The fourth-order valence-corrected chi connectivity index (χ4v) is 2.45. The fourth-order valence-electron chi connectivity index (χ4n) is 2.45. The molecule has 0 spiro atoms. The van der Waals surface area contributed by atoms with E-state index in [0.717, 1.165) is 25.8 Å². The summed E-state index contributed by atoms with van der Waals surface area (Å²) < 4.78 is 0. The second-order valence-corrected chi connectivity index (χ2v) is 8.71. The Balaban J connectivity index is 2.91. The lowest BCUT2D eigenvalue weighted by atomic mass is 9.92. The van der Waals surface area contributed by atoms with Gasteiger partial charge in [0.25, 0.3) is 0 Å². The van der Waals surface area contributed by atoms with Gasteiger partial charge in [-0.1, -0.05) is 48.5 Å². The maximum atomic E-state index is 4.96. The normalized spacial score (nSPS) is 13.2. The van der Waals surface area contributed by atoms with E-state index in [0.29, 0.717) is 17.3 Å². The number of aromatic nitrogens is 1. The molecule has 0 amide bonds. The van der Waals surface area contributed by atoms with Gasteiger partial charge in [-0.05, 0) is 60.6 Å². The summed E-state index contributed by atoms with van der Waals surface area (Å²) in [4.78, 5) is 9.48. The second-order valence-electron chi connectivity index (χ2n) is 8.71. The molecule has 0 fully saturated rings. The molecule has 0 N–H and O–H groups in total. The van der Waals surface area contributed by atoms with E-state index in [2.05, 4.69) is 65.6 Å². The van der Waals surface area contributed by atoms with Crippen molar-refractivity contribution in [1.29, 1.82) is 0 Å². The summed E-state index contributed by atoms with van der Waals surface area (Å²) in [7, 11) is 0. The molecule has 23 heavy (non-hydrogen) atoms. The van der Waals surface area contributed by atoms with Crippen molar-refractivity contribution in [1.82, 2.24) is 4.98 Å². The van der Waals surface area contributed by atoms with Crippen LogP contribution in [0.1, 0.15) is 79.0 Å². The first-order chi connectivity index (χ1) is 10.7. The average molecular weight is 317 g/mol. The first-order valence-electron chi connectivity index (χ1n) is 9.16. The van der Waals surface area contributed by atoms with E-state index in [1.807, 2.05) is 6.20 Å². The van der Waals surface area contributed by atoms with Crippen molar-refractivity contribution in [2.24, 2.45) is 22.2 Å². The Morgan fingerprint density at radius 2 is 1.83 bits per heavy atom. The van der Waals surface area contributed by atoms with Gasteiger partial charge >= 0.3 is 0 Å². The predicted molar refractivity (Wildman–Crippen MR) is 102 cm³/mol. The standard InChI is InChI=1S/C21H36N2/c1-16(2)8-9-20(23-13-11-21(5,6)7)18-10-12-22-19(15-18)14-17(3)4/h10,12,15-17H,8-9,11,13-14H2,1-7H3. The summed E-state index contributed by atoms with van der Waals surface area (Å²) in [6.07, 6.45) is 6.36. The van der Waals surface area contributed by atoms with E-state index in [1.54, 1.807) is 0 Å². The number of rotatable bonds is 8. The molecule has 0 saturated heterocycles. The molecular formula is C21H36N2. The van der Waals surface area contributed by atoms with E-state index in [-0.39, 0.29) is 0 Å². The number of aliphatic imine (C=N–C) groups is 1. The minimum Gasteiger partial charge on any atom is -0.289 e. The molecule has 0 radical (unpaired) electrons. The minimum atomic E-state index is 0.341. The SMILES string of the molecule is CC(C)CCC(=NCCC(C)(C)C)c1ccnc(CC(C)C)c1. The highest BCUT2D eigenvalue weighted by molar-refractivity contribution is 6.00. The third-order valence-electron chi connectivity index (χ3n) is 3.89. The van der Waals surface area contributed by atoms with Crippen molar-refractivity contribution in [2.75, 3.05) is 6.54 Å². The predicted octanol–water partition coefficient (Wildman–Crippen LogP) is 5.94. The van der Waals surface area contributed by atoms with Gasteiger partial charge in [-0.3, -0.25) is 9.98 Å². The Morgan fingerprint density at radius 3 is 2.39 bits per heavy atom. The number of hydrogen-bond acceptors (Lipinski definition) is 2. The van der Waals surface area contributed by atoms with Crippen LogP contribution in [0.2, 0.25) is 0 Å². The summed E-state index contributed by atoms with van der Waals surface area (Å²) in [5.41, 5.74) is 4.05. The van der Waals surface area contributed by atoms with Crippen molar-refractivity contribution in [3.8, 4) is 0 Å². The lowest BCUT2D eigenvalue weighted by Gasteiger charge is -2.17. The van der Waals surface area contributed by atoms with Gasteiger partial charge in [-0.2, -0.15) is 0 Å². The van der Waals surface area contributed by atoms with Crippen LogP contribution < -0.4 is 0 Å².